The molecule has 0 spiro atoms. The Morgan fingerprint density at radius 1 is 0.380 bits per heavy atom. The number of allylic oxidation sites excluding steroid dienone is 2. The second-order valence-electron chi connectivity index (χ2n) is 29.7. The third-order valence-corrected chi connectivity index (χ3v) is 32.4. The van der Waals surface area contributed by atoms with Crippen molar-refractivity contribution in [3.05, 3.63) is 283 Å². The van der Waals surface area contributed by atoms with Crippen molar-refractivity contribution in [3.63, 3.8) is 0 Å². The van der Waals surface area contributed by atoms with Crippen LogP contribution in [0.3, 0.4) is 0 Å². The number of hydrogen-bond acceptors (Lipinski definition) is 5. The predicted octanol–water partition coefficient (Wildman–Crippen LogP) is 28.1. The molecule has 2 heterocycles. The van der Waals surface area contributed by atoms with E-state index in [0.29, 0.717) is 6.90 Å². The van der Waals surface area contributed by atoms with Crippen LogP contribution in [0.1, 0.15) is 233 Å². The maximum absolute atomic E-state index is 7.32. The monoisotopic (exact) mass is 1720 g/mol. The van der Waals surface area contributed by atoms with Crippen molar-refractivity contribution in [2.24, 2.45) is 0 Å². The molecule has 0 bridgehead atoms. The van der Waals surface area contributed by atoms with E-state index in [-0.39, 0.29) is 22.8 Å². The van der Waals surface area contributed by atoms with Crippen molar-refractivity contribution in [2.75, 3.05) is 45.8 Å². The molecule has 0 unspecified atom stereocenters. The van der Waals surface area contributed by atoms with E-state index in [2.05, 4.69) is 237 Å². The molecule has 0 aromatic heterocycles. The van der Waals surface area contributed by atoms with E-state index in [0.717, 1.165) is 34.4 Å². The molecular weight excluding hydrogens is 1600 g/mol. The Morgan fingerprint density at radius 3 is 0.815 bits per heavy atom. The minimum atomic E-state index is -1.88. The molecule has 5 nitrogen and oxygen atoms in total. The molecule has 15 rings (SSSR count). The molecule has 108 heavy (non-hydrogen) atoms. The summed E-state index contributed by atoms with van der Waals surface area (Å²) in [6.07, 6.45) is 28.1. The number of benzene rings is 8. The zero-order chi connectivity index (χ0) is 76.8. The summed E-state index contributed by atoms with van der Waals surface area (Å²) in [5, 5.41) is 7.32. The van der Waals surface area contributed by atoms with Crippen LogP contribution in [-0.2, 0) is 27.0 Å². The van der Waals surface area contributed by atoms with Gasteiger partial charge in [0.15, 0.2) is 0 Å². The van der Waals surface area contributed by atoms with Crippen LogP contribution in [0.25, 0.3) is 11.1 Å². The number of hydrogen-bond donors (Lipinski definition) is 0. The molecule has 584 valence electrons. The Bertz CT molecular complexity index is 3930. The van der Waals surface area contributed by atoms with Crippen molar-refractivity contribution < 1.29 is 28.4 Å². The van der Waals surface area contributed by atoms with E-state index >= 15 is 0 Å². The summed E-state index contributed by atoms with van der Waals surface area (Å²) >= 11 is -3.76. The first-order valence-electron chi connectivity index (χ1n) is 39.3. The van der Waals surface area contributed by atoms with E-state index in [1.54, 1.807) is 109 Å². The summed E-state index contributed by atoms with van der Waals surface area (Å²) in [6, 6.07) is 57.3. The molecule has 2 saturated heterocycles. The van der Waals surface area contributed by atoms with Crippen molar-refractivity contribution in [2.45, 2.75) is 232 Å². The fourth-order valence-corrected chi connectivity index (χ4v) is 28.0. The van der Waals surface area contributed by atoms with Gasteiger partial charge in [-0.05, 0) is 205 Å². The zero-order valence-corrected chi connectivity index (χ0v) is 73.1. The molecule has 3 saturated carbocycles. The molecule has 5 aliphatic carbocycles. The van der Waals surface area contributed by atoms with E-state index in [1.807, 2.05) is 48.5 Å². The summed E-state index contributed by atoms with van der Waals surface area (Å²) in [6.45, 7) is 38.9. The van der Waals surface area contributed by atoms with E-state index in [4.69, 9.17) is 45.4 Å². The Labute approximate surface area is 683 Å². The summed E-state index contributed by atoms with van der Waals surface area (Å²) in [7, 11) is 24.7. The van der Waals surface area contributed by atoms with Crippen LogP contribution in [0.4, 0.5) is 22.7 Å². The Morgan fingerprint density at radius 2 is 0.593 bits per heavy atom. The summed E-state index contributed by atoms with van der Waals surface area (Å²) in [4.78, 5) is 9.62. The summed E-state index contributed by atoms with van der Waals surface area (Å²) < 4.78 is 8.45. The maximum atomic E-state index is 7.32. The van der Waals surface area contributed by atoms with Gasteiger partial charge >= 0.3 is 240 Å². The minimum absolute atomic E-state index is 0. The first-order chi connectivity index (χ1) is 51.5. The number of nitriles is 1. The second kappa shape index (κ2) is 44.1. The van der Waals surface area contributed by atoms with Crippen molar-refractivity contribution in [1.82, 2.24) is 0 Å². The van der Waals surface area contributed by atoms with Crippen LogP contribution in [0.2, 0.25) is 0 Å². The Balaban J connectivity index is 0.000000186. The van der Waals surface area contributed by atoms with Gasteiger partial charge in [-0.1, -0.05) is 119 Å². The van der Waals surface area contributed by atoms with Gasteiger partial charge in [0, 0.05) is 65.1 Å². The van der Waals surface area contributed by atoms with Crippen LogP contribution in [0.15, 0.2) is 170 Å². The zero-order valence-electron chi connectivity index (χ0n) is 66.6. The van der Waals surface area contributed by atoms with Gasteiger partial charge in [-0.15, -0.1) is 0 Å². The number of anilines is 4. The molecule has 7 aliphatic rings. The molecule has 0 N–H and O–H groups in total. The Kier molecular flexibility index (Phi) is 36.0. The van der Waals surface area contributed by atoms with Gasteiger partial charge in [0.05, 0.1) is 23.0 Å². The quantitative estimate of drug-likeness (QED) is 0.0818. The molecule has 5 fully saturated rings. The number of fused-ring (bicyclic) bond motifs is 2. The van der Waals surface area contributed by atoms with Gasteiger partial charge in [0.2, 0.25) is 0 Å². The average molecular weight is 1730 g/mol. The van der Waals surface area contributed by atoms with Crippen LogP contribution in [0, 0.1) is 108 Å². The van der Waals surface area contributed by atoms with E-state index < -0.39 is 27.0 Å². The van der Waals surface area contributed by atoms with Gasteiger partial charge in [0.25, 0.3) is 0 Å². The molecule has 8 aromatic carbocycles. The first kappa shape index (κ1) is 88.1. The molecule has 0 radical (unpaired) electrons. The van der Waals surface area contributed by atoms with Gasteiger partial charge in [0.1, 0.15) is 0 Å². The predicted molar refractivity (Wildman–Crippen MR) is 477 cm³/mol. The standard InChI is InChI=1S/2C21H27N2.C18H33P.2C15H10.C2H3N.C2H6.2CH4.4ClH.2Ru/c2*1-14-9-16(3)20(17(4)10-14)22-7-8-23(13-22)21-18(5)11-15(2)12-19(21)6;1-4-10-16(11-5-1)19(17-12-6-2-7-13-17)18-14-8-3-9-15-18;2*1-2-6-12(7-3-1)15-11-10-13-8-4-5-9-14(13)15;1-2-3;1-2;;;;;;;;/h2*9-13H,7-8H2,1-6H3;16-18H,1-15H2;2*1-9,11H;1H3;1-2H3;2*1H4;4*1H;;/q2*-1;;;;;;;;;;;;2*+2/p-3/i;;;;;;1D;;;;;;;;. The second-order valence-corrected chi connectivity index (χ2v) is 44.8. The Hall–Kier alpha value is -5.49. The van der Waals surface area contributed by atoms with Crippen LogP contribution in [-0.4, -0.2) is 51.4 Å². The molecular formula is C96H125Cl4N5PRu2-. The first-order valence-corrected chi connectivity index (χ1v) is 51.0. The number of rotatable bonds is 9. The van der Waals surface area contributed by atoms with Gasteiger partial charge in [-0.25, -0.2) is 0 Å². The number of nitrogens with zero attached hydrogens (tertiary/aromatic N) is 5. The summed E-state index contributed by atoms with van der Waals surface area (Å²) in [5.41, 5.74) is 35.1. The van der Waals surface area contributed by atoms with E-state index in [9.17, 15) is 0 Å². The molecule has 12 heteroatoms. The SMILES string of the molecule is C.C.C1CCC([PH+](C2CCCCC2)C2CCCCC2)CC1.CC#N.Cc1cc(C)c(N2[CH-]N(c3c(C)cc(C)cc3C)CC2)c(C)c1.Cc1cc(C)c(N2[CH-]N(c3c(C)cc(C)cc3C)CC2)c(C)c1.[2H]CC.[Cl][Ru]([Cl])=[C]1C=C(c2ccccc2)c2ccccc21.[Cl][Ru]([Cl])=[C]1C=C(c2ccccc2)c2ccccc21. The molecule has 2 aliphatic heterocycles. The number of halogens is 4. The van der Waals surface area contributed by atoms with Crippen LogP contribution in [0.5, 0.6) is 0 Å². The fraction of sp³-hybridized carbons (Fsp3) is 0.406. The third kappa shape index (κ3) is 23.3. The van der Waals surface area contributed by atoms with Crippen molar-refractivity contribution in [3.8, 4) is 6.07 Å². The molecule has 8 aromatic rings. The van der Waals surface area contributed by atoms with Crippen molar-refractivity contribution in [1.29, 1.82) is 5.26 Å². The van der Waals surface area contributed by atoms with Gasteiger partial charge in [-0.2, -0.15) is 18.6 Å². The van der Waals surface area contributed by atoms with E-state index in [1.165, 1.54) is 158 Å². The summed E-state index contributed by atoms with van der Waals surface area (Å²) in [5.74, 6) is 0. The van der Waals surface area contributed by atoms with Crippen LogP contribution >= 0.6 is 46.7 Å². The van der Waals surface area contributed by atoms with Crippen LogP contribution < -0.4 is 19.6 Å². The third-order valence-electron chi connectivity index (χ3n) is 21.6. The number of aryl methyl sites for hydroxylation is 12. The van der Waals surface area contributed by atoms with Crippen molar-refractivity contribution >= 4 is 88.8 Å². The fourth-order valence-electron chi connectivity index (χ4n) is 17.8. The molecule has 0 amide bonds. The topological polar surface area (TPSA) is 36.8 Å². The van der Waals surface area contributed by atoms with Gasteiger partial charge in [-0.3, -0.25) is 0 Å². The average Bonchev–Trinajstić information content (AvgIpc) is 1.65. The normalized spacial score (nSPS) is 16.3. The molecule has 0 atom stereocenters. The van der Waals surface area contributed by atoms with Gasteiger partial charge < -0.3 is 19.6 Å².